The van der Waals surface area contributed by atoms with Crippen molar-refractivity contribution in [3.8, 4) is 39.5 Å². The number of hydrogen-bond donors (Lipinski definition) is 1. The maximum Gasteiger partial charge on any atom is 0.230 e. The van der Waals surface area contributed by atoms with Crippen LogP contribution in [0.25, 0.3) is 55.7 Å². The molecule has 5 heteroatoms. The van der Waals surface area contributed by atoms with Crippen LogP contribution >= 0.6 is 0 Å². The molecule has 4 nitrogen and oxygen atoms in total. The van der Waals surface area contributed by atoms with Crippen molar-refractivity contribution >= 4 is 22.0 Å². The Morgan fingerprint density at radius 3 is 2.04 bits per heavy atom. The molecule has 0 saturated heterocycles. The van der Waals surface area contributed by atoms with E-state index in [1.54, 1.807) is 12.1 Å². The molecule has 0 spiro atoms. The van der Waals surface area contributed by atoms with Crippen LogP contribution in [0, 0.1) is 13.0 Å². The van der Waals surface area contributed by atoms with Gasteiger partial charge in [-0.15, -0.1) is 34.9 Å². The van der Waals surface area contributed by atoms with Gasteiger partial charge in [-0.1, -0.05) is 118 Å². The van der Waals surface area contributed by atoms with Crippen molar-refractivity contribution in [3.05, 3.63) is 138 Å². The van der Waals surface area contributed by atoms with Gasteiger partial charge in [0.25, 0.3) is 0 Å². The first-order valence-corrected chi connectivity index (χ1v) is 15.7. The number of aryl methyl sites for hydroxylation is 1. The van der Waals surface area contributed by atoms with E-state index in [1.165, 1.54) is 11.1 Å². The Hall–Kier alpha value is -4.53. The van der Waals surface area contributed by atoms with Crippen molar-refractivity contribution in [2.75, 3.05) is 0 Å². The standard InChI is InChI=1S/C42H37N2O2.Pt/c1-26-19-34(39-37(20-26)46-40(44-39)33-16-10-11-17-36(33)45)28-21-29(24-32(23-28)42(5,6)30-14-8-7-9-15-30)35-25-31(41(2,3)4)22-27-13-12-18-43-38(27)35;/h7-20,22-25,45H,1-6H3;/q-1;. The molecule has 2 aromatic heterocycles. The quantitative estimate of drug-likeness (QED) is 0.176. The molecule has 238 valence electrons. The van der Waals surface area contributed by atoms with Gasteiger partial charge >= 0.3 is 0 Å². The van der Waals surface area contributed by atoms with E-state index in [9.17, 15) is 5.11 Å². The fraction of sp³-hybridized carbons (Fsp3) is 0.190. The SMILES string of the molecule is Cc1cc(-c2[c-]c(-c3cc(C(C)(C)C)cc4cccnc34)cc(C(C)(C)c3ccccc3)c2)c2nc(-c3ccccc3O)oc2c1.[Pt]. The number of phenols is 1. The number of benzene rings is 5. The van der Waals surface area contributed by atoms with Crippen LogP contribution in [0.5, 0.6) is 5.75 Å². The van der Waals surface area contributed by atoms with E-state index in [2.05, 4.69) is 114 Å². The summed E-state index contributed by atoms with van der Waals surface area (Å²) in [6.45, 7) is 13.3. The Labute approximate surface area is 290 Å². The number of pyridine rings is 1. The third-order valence-electron chi connectivity index (χ3n) is 9.01. The minimum atomic E-state index is -0.307. The molecule has 1 N–H and O–H groups in total. The number of fused-ring (bicyclic) bond motifs is 2. The molecule has 0 amide bonds. The molecule has 47 heavy (non-hydrogen) atoms. The van der Waals surface area contributed by atoms with Crippen molar-refractivity contribution in [3.63, 3.8) is 0 Å². The summed E-state index contributed by atoms with van der Waals surface area (Å²) in [6.07, 6.45) is 1.86. The molecular formula is C42H37N2O2Pt-. The van der Waals surface area contributed by atoms with Crippen LogP contribution in [0.3, 0.4) is 0 Å². The van der Waals surface area contributed by atoms with Crippen LogP contribution < -0.4 is 0 Å². The third kappa shape index (κ3) is 6.03. The van der Waals surface area contributed by atoms with E-state index in [-0.39, 0.29) is 37.6 Å². The Bertz CT molecular complexity index is 2240. The van der Waals surface area contributed by atoms with Crippen LogP contribution in [0.2, 0.25) is 0 Å². The van der Waals surface area contributed by atoms with Gasteiger partial charge in [0, 0.05) is 38.2 Å². The number of aromatic hydroxyl groups is 1. The molecule has 0 aliphatic heterocycles. The number of hydrogen-bond acceptors (Lipinski definition) is 4. The molecule has 0 aliphatic rings. The number of para-hydroxylation sites is 1. The summed E-state index contributed by atoms with van der Waals surface area (Å²) in [7, 11) is 0. The van der Waals surface area contributed by atoms with E-state index in [0.29, 0.717) is 17.0 Å². The smallest absolute Gasteiger partial charge is 0.230 e. The van der Waals surface area contributed by atoms with E-state index < -0.39 is 0 Å². The van der Waals surface area contributed by atoms with Crippen molar-refractivity contribution in [1.82, 2.24) is 9.97 Å². The average Bonchev–Trinajstić information content (AvgIpc) is 3.47. The maximum atomic E-state index is 10.6. The Kier molecular flexibility index (Phi) is 8.44. The van der Waals surface area contributed by atoms with Gasteiger partial charge in [-0.2, -0.15) is 0 Å². The largest absolute Gasteiger partial charge is 0.507 e. The van der Waals surface area contributed by atoms with Crippen LogP contribution in [0.4, 0.5) is 0 Å². The van der Waals surface area contributed by atoms with Crippen molar-refractivity contribution in [1.29, 1.82) is 0 Å². The number of oxazole rings is 1. The number of aromatic nitrogens is 2. The molecule has 7 rings (SSSR count). The molecular weight excluding hydrogens is 760 g/mol. The predicted octanol–water partition coefficient (Wildman–Crippen LogP) is 10.8. The van der Waals surface area contributed by atoms with Crippen molar-refractivity contribution < 1.29 is 30.6 Å². The number of nitrogens with zero attached hydrogens (tertiary/aromatic N) is 2. The first kappa shape index (κ1) is 32.4. The van der Waals surface area contributed by atoms with Gasteiger partial charge in [0.15, 0.2) is 0 Å². The van der Waals surface area contributed by atoms with E-state index in [4.69, 9.17) is 14.4 Å². The summed E-state index contributed by atoms with van der Waals surface area (Å²) in [5, 5.41) is 11.7. The van der Waals surface area contributed by atoms with Crippen molar-refractivity contribution in [2.24, 2.45) is 0 Å². The minimum absolute atomic E-state index is 0. The molecule has 0 radical (unpaired) electrons. The fourth-order valence-electron chi connectivity index (χ4n) is 6.22. The van der Waals surface area contributed by atoms with Crippen LogP contribution in [0.15, 0.2) is 114 Å². The molecule has 7 aromatic rings. The average molecular weight is 797 g/mol. The minimum Gasteiger partial charge on any atom is -0.507 e. The molecule has 2 heterocycles. The molecule has 0 fully saturated rings. The van der Waals surface area contributed by atoms with E-state index in [1.807, 2.05) is 30.5 Å². The van der Waals surface area contributed by atoms with Gasteiger partial charge in [-0.25, -0.2) is 4.98 Å². The third-order valence-corrected chi connectivity index (χ3v) is 9.01. The summed E-state index contributed by atoms with van der Waals surface area (Å²) in [6, 6.07) is 38.9. The maximum absolute atomic E-state index is 10.6. The molecule has 0 saturated carbocycles. The molecule has 0 aliphatic carbocycles. The van der Waals surface area contributed by atoms with E-state index in [0.717, 1.165) is 49.8 Å². The summed E-state index contributed by atoms with van der Waals surface area (Å²) >= 11 is 0. The fourth-order valence-corrected chi connectivity index (χ4v) is 6.22. The Morgan fingerprint density at radius 2 is 1.34 bits per heavy atom. The second-order valence-electron chi connectivity index (χ2n) is 13.7. The Balaban J connectivity index is 0.00000386. The first-order valence-electron chi connectivity index (χ1n) is 15.7. The van der Waals surface area contributed by atoms with Crippen molar-refractivity contribution in [2.45, 2.75) is 52.4 Å². The Morgan fingerprint density at radius 1 is 0.660 bits per heavy atom. The second kappa shape index (κ2) is 12.2. The van der Waals surface area contributed by atoms with Gasteiger partial charge in [-0.05, 0) is 53.1 Å². The van der Waals surface area contributed by atoms with Gasteiger partial charge in [0.2, 0.25) is 5.89 Å². The summed E-state index contributed by atoms with van der Waals surface area (Å²) in [5.41, 5.74) is 11.1. The number of rotatable bonds is 5. The van der Waals surface area contributed by atoms with Gasteiger partial charge in [0.05, 0.1) is 11.1 Å². The van der Waals surface area contributed by atoms with Gasteiger partial charge in [-0.3, -0.25) is 4.98 Å². The van der Waals surface area contributed by atoms with Gasteiger partial charge in [0.1, 0.15) is 11.3 Å². The van der Waals surface area contributed by atoms with Crippen LogP contribution in [0.1, 0.15) is 56.9 Å². The molecule has 5 aromatic carbocycles. The zero-order chi connectivity index (χ0) is 32.2. The zero-order valence-corrected chi connectivity index (χ0v) is 29.7. The second-order valence-corrected chi connectivity index (χ2v) is 13.7. The van der Waals surface area contributed by atoms with Crippen LogP contribution in [-0.2, 0) is 31.9 Å². The van der Waals surface area contributed by atoms with Crippen LogP contribution in [-0.4, -0.2) is 15.1 Å². The first-order chi connectivity index (χ1) is 22.0. The summed E-state index contributed by atoms with van der Waals surface area (Å²) in [5.74, 6) is 0.514. The monoisotopic (exact) mass is 796 g/mol. The summed E-state index contributed by atoms with van der Waals surface area (Å²) in [4.78, 5) is 9.82. The molecule has 0 atom stereocenters. The topological polar surface area (TPSA) is 59.2 Å². The summed E-state index contributed by atoms with van der Waals surface area (Å²) < 4.78 is 6.28. The molecule has 0 unspecified atom stereocenters. The number of phenolic OH excluding ortho intramolecular Hbond substituents is 1. The zero-order valence-electron chi connectivity index (χ0n) is 27.5. The predicted molar refractivity (Wildman–Crippen MR) is 188 cm³/mol. The molecule has 0 bridgehead atoms. The normalized spacial score (nSPS) is 12.0. The van der Waals surface area contributed by atoms with E-state index >= 15 is 0 Å². The van der Waals surface area contributed by atoms with Gasteiger partial charge < -0.3 is 9.52 Å².